The predicted octanol–water partition coefficient (Wildman–Crippen LogP) is 5.27. The molecule has 0 unspecified atom stereocenters. The van der Waals surface area contributed by atoms with Crippen LogP contribution in [-0.4, -0.2) is 63.9 Å². The highest BCUT2D eigenvalue weighted by atomic mass is 32.2. The molecular formula is C37H41N7O6S. The minimum atomic E-state index is -3.85. The number of amides is 1. The summed E-state index contributed by atoms with van der Waals surface area (Å²) in [5.74, 6) is -0.309. The van der Waals surface area contributed by atoms with E-state index in [9.17, 15) is 13.2 Å². The van der Waals surface area contributed by atoms with Crippen LogP contribution in [0.4, 0.5) is 5.69 Å². The van der Waals surface area contributed by atoms with Gasteiger partial charge in [-0.2, -0.15) is 0 Å². The fourth-order valence-corrected chi connectivity index (χ4v) is 7.06. The summed E-state index contributed by atoms with van der Waals surface area (Å²) in [6, 6.07) is 29.9. The number of hydrogen-bond acceptors (Lipinski definition) is 10. The molecule has 4 aromatic rings. The van der Waals surface area contributed by atoms with E-state index in [4.69, 9.17) is 25.1 Å². The highest BCUT2D eigenvalue weighted by Gasteiger charge is 2.54. The number of carbonyl (C=O) groups excluding carboxylic acids is 1. The smallest absolute Gasteiger partial charge is 0.266 e. The van der Waals surface area contributed by atoms with E-state index in [1.165, 1.54) is 12.1 Å². The molecule has 0 spiro atoms. The molecule has 2 atom stereocenters. The number of sulfone groups is 1. The van der Waals surface area contributed by atoms with Crippen molar-refractivity contribution in [1.82, 2.24) is 10.9 Å². The number of nitrogens with zero attached hydrogens (tertiary/aromatic N) is 5. The molecule has 266 valence electrons. The molecule has 1 aliphatic heterocycles. The average molecular weight is 712 g/mol. The molecule has 5 rings (SSSR count). The summed E-state index contributed by atoms with van der Waals surface area (Å²) in [4.78, 5) is 24.5. The van der Waals surface area contributed by atoms with E-state index in [1.54, 1.807) is 66.7 Å². The summed E-state index contributed by atoms with van der Waals surface area (Å²) < 4.78 is 39.5. The molecule has 0 saturated carbocycles. The minimum Gasteiger partial charge on any atom is -0.494 e. The van der Waals surface area contributed by atoms with Gasteiger partial charge in [-0.15, -0.1) is 0 Å². The van der Waals surface area contributed by atoms with Crippen LogP contribution in [0.5, 0.6) is 5.75 Å². The number of aliphatic imine (C=N–C) groups is 1. The number of nitrogens with one attached hydrogen (secondary N) is 2. The number of hydrazine groups is 1. The number of benzene rings is 4. The van der Waals surface area contributed by atoms with Gasteiger partial charge in [-0.3, -0.25) is 10.2 Å². The topological polar surface area (TPSA) is 178 Å². The Morgan fingerprint density at radius 3 is 2.41 bits per heavy atom. The number of carbonyl (C=O) groups is 1. The lowest BCUT2D eigenvalue weighted by Gasteiger charge is -2.31. The van der Waals surface area contributed by atoms with Crippen molar-refractivity contribution in [3.05, 3.63) is 136 Å². The van der Waals surface area contributed by atoms with Crippen molar-refractivity contribution < 1.29 is 27.8 Å². The first kappa shape index (κ1) is 36.9. The molecule has 14 heteroatoms. The first-order chi connectivity index (χ1) is 24.7. The summed E-state index contributed by atoms with van der Waals surface area (Å²) in [6.07, 6.45) is -0.847. The maximum absolute atomic E-state index is 14.6. The van der Waals surface area contributed by atoms with Gasteiger partial charge >= 0.3 is 0 Å². The van der Waals surface area contributed by atoms with Crippen molar-refractivity contribution in [2.24, 2.45) is 10.1 Å². The average Bonchev–Trinajstić information content (AvgIpc) is 3.55. The molecule has 1 aliphatic rings. The third-order valence-electron chi connectivity index (χ3n) is 8.47. The van der Waals surface area contributed by atoms with Crippen molar-refractivity contribution in [3.8, 4) is 5.75 Å². The van der Waals surface area contributed by atoms with Gasteiger partial charge in [0.2, 0.25) is 5.90 Å². The molecule has 0 saturated heterocycles. The summed E-state index contributed by atoms with van der Waals surface area (Å²) in [6.45, 7) is 0.602. The lowest BCUT2D eigenvalue weighted by atomic mass is 9.83. The molecule has 0 bridgehead atoms. The number of rotatable bonds is 17. The Hall–Kier alpha value is -5.40. The Balaban J connectivity index is 1.54. The third kappa shape index (κ3) is 9.04. The van der Waals surface area contributed by atoms with E-state index in [2.05, 4.69) is 20.9 Å². The van der Waals surface area contributed by atoms with Gasteiger partial charge in [0.25, 0.3) is 5.91 Å². The number of anilines is 1. The molecule has 0 aromatic heterocycles. The zero-order chi connectivity index (χ0) is 36.3. The maximum Gasteiger partial charge on any atom is 0.266 e. The molecule has 3 N–H and O–H groups in total. The van der Waals surface area contributed by atoms with Gasteiger partial charge in [-0.1, -0.05) is 59.7 Å². The summed E-state index contributed by atoms with van der Waals surface area (Å²) in [5, 5.41) is 12.9. The normalized spacial score (nSPS) is 16.8. The molecule has 0 radical (unpaired) electrons. The van der Waals surface area contributed by atoms with Crippen LogP contribution in [0.1, 0.15) is 41.2 Å². The van der Waals surface area contributed by atoms with Crippen molar-refractivity contribution in [2.75, 3.05) is 38.0 Å². The molecule has 1 amide bonds. The largest absolute Gasteiger partial charge is 0.494 e. The fraction of sp³-hybridized carbons (Fsp3) is 0.297. The second kappa shape index (κ2) is 17.0. The van der Waals surface area contributed by atoms with E-state index in [0.29, 0.717) is 35.5 Å². The lowest BCUT2D eigenvalue weighted by Crippen LogP contribution is -2.53. The van der Waals surface area contributed by atoms with E-state index >= 15 is 0 Å². The quantitative estimate of drug-likeness (QED) is 0.0436. The second-order valence-corrected chi connectivity index (χ2v) is 14.2. The van der Waals surface area contributed by atoms with Crippen LogP contribution in [0, 0.1) is 0 Å². The van der Waals surface area contributed by atoms with Crippen LogP contribution in [0.3, 0.4) is 0 Å². The Bertz CT molecular complexity index is 1970. The molecule has 4 aromatic carbocycles. The third-order valence-corrected chi connectivity index (χ3v) is 10.2. The number of azide groups is 1. The second-order valence-electron chi connectivity index (χ2n) is 12.1. The van der Waals surface area contributed by atoms with Gasteiger partial charge in [0, 0.05) is 56.3 Å². The van der Waals surface area contributed by atoms with Crippen LogP contribution in [0.15, 0.2) is 118 Å². The number of aliphatic hydroxyl groups is 1. The van der Waals surface area contributed by atoms with E-state index < -0.39 is 33.1 Å². The van der Waals surface area contributed by atoms with E-state index in [1.807, 2.05) is 43.3 Å². The Morgan fingerprint density at radius 2 is 1.73 bits per heavy atom. The van der Waals surface area contributed by atoms with Gasteiger partial charge in [0.15, 0.2) is 21.5 Å². The standard InChI is InChI=1S/C37H41N7O6S/c1-44(2)30-17-13-27(14-18-30)25-39-42-36(46)37(21-24-51(47,48)32-10-4-3-5-11-32)34(33-12-7-6-9-29(33)26-40-43-38)50-35(41-37)28-15-19-31(20-16-28)49-23-8-22-45/h3-7,9-20,34,39,45H,8,21-26H2,1-2H3,(H,42,46)/t34-,37-/m0/s1. The first-order valence-electron chi connectivity index (χ1n) is 16.4. The Morgan fingerprint density at radius 1 is 1.02 bits per heavy atom. The number of ether oxygens (including phenoxy) is 2. The van der Waals surface area contributed by atoms with Gasteiger partial charge in [-0.05, 0) is 70.8 Å². The van der Waals surface area contributed by atoms with Crippen LogP contribution in [0.25, 0.3) is 10.4 Å². The van der Waals surface area contributed by atoms with Crippen molar-refractivity contribution in [3.63, 3.8) is 0 Å². The van der Waals surface area contributed by atoms with Crippen molar-refractivity contribution in [1.29, 1.82) is 0 Å². The minimum absolute atomic E-state index is 0.00694. The van der Waals surface area contributed by atoms with Gasteiger partial charge in [-0.25, -0.2) is 18.8 Å². The summed E-state index contributed by atoms with van der Waals surface area (Å²) in [7, 11) is 0.0479. The summed E-state index contributed by atoms with van der Waals surface area (Å²) >= 11 is 0. The Labute approximate surface area is 297 Å². The Kier molecular flexibility index (Phi) is 12.3. The predicted molar refractivity (Wildman–Crippen MR) is 195 cm³/mol. The van der Waals surface area contributed by atoms with E-state index in [-0.39, 0.29) is 36.9 Å². The molecule has 0 fully saturated rings. The number of hydrogen-bond donors (Lipinski definition) is 3. The first-order valence-corrected chi connectivity index (χ1v) is 18.1. The molecule has 51 heavy (non-hydrogen) atoms. The van der Waals surface area contributed by atoms with Crippen LogP contribution >= 0.6 is 0 Å². The highest BCUT2D eigenvalue weighted by Crippen LogP contribution is 2.44. The monoisotopic (exact) mass is 711 g/mol. The van der Waals surface area contributed by atoms with Gasteiger partial charge < -0.3 is 19.5 Å². The van der Waals surface area contributed by atoms with Gasteiger partial charge in [0.05, 0.1) is 23.8 Å². The zero-order valence-corrected chi connectivity index (χ0v) is 29.3. The lowest BCUT2D eigenvalue weighted by molar-refractivity contribution is -0.130. The molecule has 0 aliphatic carbocycles. The maximum atomic E-state index is 14.6. The molecule has 1 heterocycles. The number of aliphatic hydroxyl groups excluding tert-OH is 1. The summed E-state index contributed by atoms with van der Waals surface area (Å²) in [5.41, 5.74) is 16.7. The van der Waals surface area contributed by atoms with E-state index in [0.717, 1.165) is 11.3 Å². The van der Waals surface area contributed by atoms with Crippen LogP contribution in [0.2, 0.25) is 0 Å². The molecular weight excluding hydrogens is 671 g/mol. The van der Waals surface area contributed by atoms with Crippen molar-refractivity contribution in [2.45, 2.75) is 42.5 Å². The van der Waals surface area contributed by atoms with Crippen molar-refractivity contribution >= 4 is 27.3 Å². The zero-order valence-electron chi connectivity index (χ0n) is 28.5. The van der Waals surface area contributed by atoms with Gasteiger partial charge in [0.1, 0.15) is 5.75 Å². The highest BCUT2D eigenvalue weighted by molar-refractivity contribution is 7.91. The van der Waals surface area contributed by atoms with Crippen LogP contribution in [-0.2, 0) is 32.5 Å². The SMILES string of the molecule is CN(C)c1ccc(CNNC(=O)[C@@]2(CCS(=O)(=O)c3ccccc3)N=C(c3ccc(OCCCO)cc3)O[C@H]2c2ccccc2CN=[N+]=[N-])cc1. The fourth-order valence-electron chi connectivity index (χ4n) is 5.67. The van der Waals surface area contributed by atoms with Crippen LogP contribution < -0.4 is 20.5 Å². The molecule has 13 nitrogen and oxygen atoms in total.